The molecule has 1 saturated carbocycles. The molecule has 1 amide bonds. The number of anilines is 1. The van der Waals surface area contributed by atoms with Crippen LogP contribution in [0.3, 0.4) is 0 Å². The van der Waals surface area contributed by atoms with Gasteiger partial charge in [0.1, 0.15) is 5.75 Å². The quantitative estimate of drug-likeness (QED) is 0.230. The minimum atomic E-state index is -0.440. The summed E-state index contributed by atoms with van der Waals surface area (Å²) >= 11 is 7.89. The largest absolute Gasteiger partial charge is 0.490 e. The molecule has 2 heterocycles. The molecule has 7 unspecified atom stereocenters. The lowest BCUT2D eigenvalue weighted by Crippen LogP contribution is -2.52. The Kier molecular flexibility index (Phi) is 10.2. The third kappa shape index (κ3) is 6.82. The van der Waals surface area contributed by atoms with Gasteiger partial charge in [-0.1, -0.05) is 56.7 Å². The number of rotatable bonds is 0. The van der Waals surface area contributed by atoms with Crippen LogP contribution in [0.25, 0.3) is 0 Å². The molecule has 232 valence electrons. The van der Waals surface area contributed by atoms with Crippen LogP contribution in [0.5, 0.6) is 5.75 Å². The van der Waals surface area contributed by atoms with Crippen LogP contribution in [0.2, 0.25) is 5.02 Å². The zero-order valence-electron chi connectivity index (χ0n) is 26.0. The Morgan fingerprint density at radius 2 is 1.95 bits per heavy atom. The molecule has 0 aromatic heterocycles. The van der Waals surface area contributed by atoms with Crippen molar-refractivity contribution in [2.45, 2.75) is 76.6 Å². The van der Waals surface area contributed by atoms with Gasteiger partial charge in [-0.3, -0.25) is 9.52 Å². The van der Waals surface area contributed by atoms with Crippen LogP contribution in [-0.2, 0) is 11.8 Å². The van der Waals surface area contributed by atoms with Gasteiger partial charge in [0.25, 0.3) is 5.91 Å². The van der Waals surface area contributed by atoms with Gasteiger partial charge in [-0.2, -0.15) is 0 Å². The summed E-state index contributed by atoms with van der Waals surface area (Å²) in [6.07, 6.45) is 10.5. The standard InChI is InChI=1S/C33H41ClN2O3S.C3H6/c1-20-6-4-8-30(37)26-14-21(2)27(26)17-36-18-33(13-5-7-23-15-25(34)10-11-28(23)33)19-39-31-12-9-24(16-29(31)36)32(38)35-40-22(20)3;1-3-2/h4,8-12,15-16,20-22,26-27,30,37H,5-7,13-14,17-19H2,1-3H3,(H,35,38);3H,1H2,2H3/b8-4+;. The number of hydrogen-bond acceptors (Lipinski definition) is 5. The lowest BCUT2D eigenvalue weighted by Gasteiger charge is -2.49. The number of aliphatic hydroxyl groups excluding tert-OH is 1. The van der Waals surface area contributed by atoms with Crippen molar-refractivity contribution in [3.63, 3.8) is 0 Å². The number of carbonyl (C=O) groups excluding carboxylic acids is 1. The number of aryl methyl sites for hydroxylation is 1. The van der Waals surface area contributed by atoms with Crippen LogP contribution in [0.4, 0.5) is 5.69 Å². The zero-order valence-corrected chi connectivity index (χ0v) is 27.6. The molecule has 7 heteroatoms. The number of allylic oxidation sites excluding steroid dienone is 2. The highest BCUT2D eigenvalue weighted by Crippen LogP contribution is 2.48. The van der Waals surface area contributed by atoms with E-state index >= 15 is 0 Å². The molecule has 2 N–H and O–H groups in total. The molecule has 7 atom stereocenters. The average Bonchev–Trinajstić information content (AvgIpc) is 3.13. The van der Waals surface area contributed by atoms with Gasteiger partial charge >= 0.3 is 0 Å². The summed E-state index contributed by atoms with van der Waals surface area (Å²) in [5, 5.41) is 12.3. The third-order valence-corrected chi connectivity index (χ3v) is 11.4. The highest BCUT2D eigenvalue weighted by molar-refractivity contribution is 7.98. The first-order chi connectivity index (χ1) is 20.7. The zero-order chi connectivity index (χ0) is 30.7. The lowest BCUT2D eigenvalue weighted by molar-refractivity contribution is -0.000379. The van der Waals surface area contributed by atoms with Crippen LogP contribution in [0, 0.1) is 23.7 Å². The molecular weight excluding hydrogens is 576 g/mol. The van der Waals surface area contributed by atoms with Gasteiger partial charge < -0.3 is 14.7 Å². The topological polar surface area (TPSA) is 61.8 Å². The Hall–Kier alpha value is -2.41. The monoisotopic (exact) mass is 622 g/mol. The lowest BCUT2D eigenvalue weighted by atomic mass is 9.62. The molecule has 2 aromatic carbocycles. The molecule has 43 heavy (non-hydrogen) atoms. The van der Waals surface area contributed by atoms with Crippen LogP contribution in [-0.4, -0.2) is 42.1 Å². The second-order valence-electron chi connectivity index (χ2n) is 13.1. The summed E-state index contributed by atoms with van der Waals surface area (Å²) in [7, 11) is 0. The van der Waals surface area contributed by atoms with E-state index in [1.807, 2.05) is 37.3 Å². The van der Waals surface area contributed by atoms with Gasteiger partial charge in [0.15, 0.2) is 0 Å². The Labute approximate surface area is 267 Å². The molecule has 5 nitrogen and oxygen atoms in total. The van der Waals surface area contributed by atoms with E-state index in [0.717, 1.165) is 61.7 Å². The number of aliphatic hydroxyl groups is 1. The first kappa shape index (κ1) is 32.0. The highest BCUT2D eigenvalue weighted by atomic mass is 35.5. The molecule has 0 radical (unpaired) electrons. The number of fused-ring (bicyclic) bond motifs is 4. The Morgan fingerprint density at radius 3 is 2.72 bits per heavy atom. The summed E-state index contributed by atoms with van der Waals surface area (Å²) in [4.78, 5) is 15.8. The van der Waals surface area contributed by atoms with Crippen LogP contribution >= 0.6 is 23.5 Å². The maximum Gasteiger partial charge on any atom is 0.261 e. The Morgan fingerprint density at radius 1 is 1.16 bits per heavy atom. The summed E-state index contributed by atoms with van der Waals surface area (Å²) in [5.41, 5.74) is 4.12. The summed E-state index contributed by atoms with van der Waals surface area (Å²) in [6, 6.07) is 12.2. The fraction of sp³-hybridized carbons (Fsp3) is 0.528. The van der Waals surface area contributed by atoms with Gasteiger partial charge in [-0.15, -0.1) is 6.58 Å². The average molecular weight is 623 g/mol. The van der Waals surface area contributed by atoms with Crippen LogP contribution in [0.15, 0.2) is 61.2 Å². The number of nitrogens with zero attached hydrogens (tertiary/aromatic N) is 1. The first-order valence-corrected chi connectivity index (χ1v) is 17.1. The predicted molar refractivity (Wildman–Crippen MR) is 180 cm³/mol. The van der Waals surface area contributed by atoms with Gasteiger partial charge in [-0.25, -0.2) is 0 Å². The Bertz CT molecular complexity index is 1350. The molecule has 2 aliphatic heterocycles. The Balaban J connectivity index is 0.00000118. The number of halogens is 1. The maximum atomic E-state index is 13.3. The summed E-state index contributed by atoms with van der Waals surface area (Å²) in [5.74, 6) is 2.24. The van der Waals surface area contributed by atoms with E-state index in [1.165, 1.54) is 23.1 Å². The number of hydrogen-bond donors (Lipinski definition) is 2. The van der Waals surface area contributed by atoms with Crippen molar-refractivity contribution >= 4 is 35.1 Å². The molecule has 2 aliphatic carbocycles. The van der Waals surface area contributed by atoms with Gasteiger partial charge in [0.2, 0.25) is 0 Å². The predicted octanol–water partition coefficient (Wildman–Crippen LogP) is 8.00. The van der Waals surface area contributed by atoms with E-state index in [9.17, 15) is 9.90 Å². The van der Waals surface area contributed by atoms with Crippen molar-refractivity contribution in [3.8, 4) is 5.75 Å². The molecule has 2 aromatic rings. The van der Waals surface area contributed by atoms with Crippen molar-refractivity contribution in [3.05, 3.63) is 82.9 Å². The number of benzene rings is 2. The third-order valence-electron chi connectivity index (χ3n) is 10.1. The highest BCUT2D eigenvalue weighted by Gasteiger charge is 2.46. The van der Waals surface area contributed by atoms with Crippen LogP contribution < -0.4 is 14.4 Å². The SMILES string of the molecule is C=CC.CC1C/C=C/C(O)C2CC(C)C2CN2CC3(CCCc4cc(Cl)ccc43)COc3ccc(cc32)C(=O)NSC1C. The molecule has 1 fully saturated rings. The smallest absolute Gasteiger partial charge is 0.261 e. The van der Waals surface area contributed by atoms with E-state index in [2.05, 4.69) is 55.2 Å². The summed E-state index contributed by atoms with van der Waals surface area (Å²) in [6.45, 7) is 14.1. The number of amides is 1. The van der Waals surface area contributed by atoms with E-state index in [4.69, 9.17) is 16.3 Å². The number of ether oxygens (including phenoxy) is 1. The van der Waals surface area contributed by atoms with E-state index in [0.29, 0.717) is 29.9 Å². The second kappa shape index (κ2) is 13.7. The van der Waals surface area contributed by atoms with Gasteiger partial charge in [0.05, 0.1) is 18.4 Å². The van der Waals surface area contributed by atoms with Crippen molar-refractivity contribution < 1.29 is 14.6 Å². The van der Waals surface area contributed by atoms with Crippen molar-refractivity contribution in [2.24, 2.45) is 23.7 Å². The van der Waals surface area contributed by atoms with Crippen molar-refractivity contribution in [2.75, 3.05) is 24.6 Å². The van der Waals surface area contributed by atoms with E-state index in [1.54, 1.807) is 6.08 Å². The minimum absolute atomic E-state index is 0.0728. The fourth-order valence-corrected chi connectivity index (χ4v) is 8.26. The van der Waals surface area contributed by atoms with Crippen LogP contribution in [0.1, 0.15) is 74.9 Å². The van der Waals surface area contributed by atoms with Crippen molar-refractivity contribution in [1.29, 1.82) is 0 Å². The normalized spacial score (nSPS) is 32.8. The molecular formula is C36H47ClN2O3S. The second-order valence-corrected chi connectivity index (χ2v) is 14.7. The molecule has 1 spiro atoms. The molecule has 6 rings (SSSR count). The van der Waals surface area contributed by atoms with Crippen molar-refractivity contribution in [1.82, 2.24) is 4.72 Å². The first-order valence-electron chi connectivity index (χ1n) is 15.8. The van der Waals surface area contributed by atoms with E-state index in [-0.39, 0.29) is 22.5 Å². The minimum Gasteiger partial charge on any atom is -0.490 e. The number of carbonyl (C=O) groups is 1. The molecule has 0 saturated heterocycles. The fourth-order valence-electron chi connectivity index (χ4n) is 7.31. The molecule has 4 aliphatic rings. The summed E-state index contributed by atoms with van der Waals surface area (Å²) < 4.78 is 9.71. The maximum absolute atomic E-state index is 13.3. The van der Waals surface area contributed by atoms with Gasteiger partial charge in [0, 0.05) is 34.3 Å². The molecule has 2 bridgehead atoms. The van der Waals surface area contributed by atoms with Gasteiger partial charge in [-0.05, 0) is 116 Å². The van der Waals surface area contributed by atoms with E-state index < -0.39 is 6.10 Å². The number of nitrogens with one attached hydrogen (secondary N) is 1.